The van der Waals surface area contributed by atoms with Gasteiger partial charge in [-0.15, -0.1) is 0 Å². The van der Waals surface area contributed by atoms with Gasteiger partial charge in [0.2, 0.25) is 0 Å². The molecule has 2 unspecified atom stereocenters. The monoisotopic (exact) mass is 168 g/mol. The fourth-order valence-corrected chi connectivity index (χ4v) is 2.64. The van der Waals surface area contributed by atoms with Gasteiger partial charge in [0.15, 0.2) is 0 Å². The van der Waals surface area contributed by atoms with E-state index in [1.54, 1.807) is 0 Å². The van der Waals surface area contributed by atoms with E-state index in [2.05, 4.69) is 20.8 Å². The summed E-state index contributed by atoms with van der Waals surface area (Å²) in [4.78, 5) is 0. The Balaban J connectivity index is 2.25. The first-order valence-electron chi connectivity index (χ1n) is 5.75. The first kappa shape index (κ1) is 10.1. The molecule has 1 fully saturated rings. The van der Waals surface area contributed by atoms with Crippen LogP contribution < -0.4 is 0 Å². The van der Waals surface area contributed by atoms with Crippen LogP contribution >= 0.6 is 0 Å². The molecule has 0 radical (unpaired) electrons. The maximum absolute atomic E-state index is 2.44. The summed E-state index contributed by atoms with van der Waals surface area (Å²) >= 11 is 0. The lowest BCUT2D eigenvalue weighted by Crippen LogP contribution is -2.37. The summed E-state index contributed by atoms with van der Waals surface area (Å²) in [6.07, 6.45) is 10.2. The molecule has 0 heterocycles. The van der Waals surface area contributed by atoms with Crippen molar-refractivity contribution >= 4 is 0 Å². The summed E-state index contributed by atoms with van der Waals surface area (Å²) in [6.45, 7) is 7.11. The van der Waals surface area contributed by atoms with Gasteiger partial charge in [-0.1, -0.05) is 46.5 Å². The van der Waals surface area contributed by atoms with Crippen molar-refractivity contribution < 1.29 is 0 Å². The molecule has 1 rings (SSSR count). The molecule has 0 spiro atoms. The predicted octanol–water partition coefficient (Wildman–Crippen LogP) is 4.39. The number of rotatable bonds is 5. The van der Waals surface area contributed by atoms with E-state index >= 15 is 0 Å². The van der Waals surface area contributed by atoms with Crippen molar-refractivity contribution in [1.29, 1.82) is 0 Å². The van der Waals surface area contributed by atoms with Crippen molar-refractivity contribution in [2.24, 2.45) is 11.3 Å². The van der Waals surface area contributed by atoms with Gasteiger partial charge in [-0.25, -0.2) is 0 Å². The van der Waals surface area contributed by atoms with Crippen LogP contribution in [0.3, 0.4) is 0 Å². The van der Waals surface area contributed by atoms with Crippen LogP contribution in [-0.2, 0) is 0 Å². The molecule has 0 nitrogen and oxygen atoms in total. The lowest BCUT2D eigenvalue weighted by molar-refractivity contribution is 0.0263. The van der Waals surface area contributed by atoms with Crippen LogP contribution in [0.2, 0.25) is 0 Å². The first-order valence-corrected chi connectivity index (χ1v) is 5.75. The maximum atomic E-state index is 2.44. The third-order valence-electron chi connectivity index (χ3n) is 4.10. The molecule has 1 aliphatic carbocycles. The Kier molecular flexibility index (Phi) is 3.61. The Labute approximate surface area is 77.7 Å². The molecular weight excluding hydrogens is 144 g/mol. The van der Waals surface area contributed by atoms with E-state index in [9.17, 15) is 0 Å². The second-order valence-corrected chi connectivity index (χ2v) is 4.61. The molecule has 72 valence electrons. The molecule has 2 atom stereocenters. The molecule has 0 aromatic rings. The van der Waals surface area contributed by atoms with E-state index in [-0.39, 0.29) is 0 Å². The second kappa shape index (κ2) is 4.30. The highest BCUT2D eigenvalue weighted by Crippen LogP contribution is 2.52. The average molecular weight is 168 g/mol. The third-order valence-corrected chi connectivity index (χ3v) is 4.10. The largest absolute Gasteiger partial charge is 0.0654 e. The van der Waals surface area contributed by atoms with E-state index < -0.39 is 0 Å². The van der Waals surface area contributed by atoms with Gasteiger partial charge >= 0.3 is 0 Å². The topological polar surface area (TPSA) is 0 Å². The molecule has 0 N–H and O–H groups in total. The van der Waals surface area contributed by atoms with Gasteiger partial charge in [-0.2, -0.15) is 0 Å². The SMILES string of the molecule is CCCCCC1(CC)CCC1C. The highest BCUT2D eigenvalue weighted by molar-refractivity contribution is 4.91. The van der Waals surface area contributed by atoms with Crippen LogP contribution in [0.15, 0.2) is 0 Å². The summed E-state index contributed by atoms with van der Waals surface area (Å²) in [6, 6.07) is 0. The molecule has 12 heavy (non-hydrogen) atoms. The van der Waals surface area contributed by atoms with Gasteiger partial charge < -0.3 is 0 Å². The molecule has 0 amide bonds. The molecule has 0 aromatic carbocycles. The number of unbranched alkanes of at least 4 members (excludes halogenated alkanes) is 2. The van der Waals surface area contributed by atoms with Crippen molar-refractivity contribution in [2.75, 3.05) is 0 Å². The van der Waals surface area contributed by atoms with Gasteiger partial charge in [0.1, 0.15) is 0 Å². The summed E-state index contributed by atoms with van der Waals surface area (Å²) in [5.74, 6) is 1.01. The van der Waals surface area contributed by atoms with Crippen molar-refractivity contribution in [3.63, 3.8) is 0 Å². The molecule has 1 saturated carbocycles. The van der Waals surface area contributed by atoms with Crippen LogP contribution in [0.5, 0.6) is 0 Å². The van der Waals surface area contributed by atoms with E-state index in [1.807, 2.05) is 0 Å². The van der Waals surface area contributed by atoms with Crippen molar-refractivity contribution in [2.45, 2.75) is 65.7 Å². The molecule has 1 aliphatic rings. The van der Waals surface area contributed by atoms with Crippen LogP contribution in [0.4, 0.5) is 0 Å². The standard InChI is InChI=1S/C12H24/c1-4-6-7-9-12(5-2)10-8-11(12)3/h11H,4-10H2,1-3H3. The molecule has 0 aliphatic heterocycles. The van der Waals surface area contributed by atoms with Crippen LogP contribution in [0, 0.1) is 11.3 Å². The summed E-state index contributed by atoms with van der Waals surface area (Å²) in [5.41, 5.74) is 0.773. The Morgan fingerprint density at radius 1 is 1.25 bits per heavy atom. The highest BCUT2D eigenvalue weighted by Gasteiger charge is 2.41. The molecule has 0 heteroatoms. The van der Waals surface area contributed by atoms with Crippen LogP contribution in [0.1, 0.15) is 65.7 Å². The molecule has 0 bridgehead atoms. The predicted molar refractivity (Wildman–Crippen MR) is 55.3 cm³/mol. The lowest BCUT2D eigenvalue weighted by Gasteiger charge is -2.48. The normalized spacial score (nSPS) is 34.8. The molecule has 0 aromatic heterocycles. The smallest absolute Gasteiger partial charge is 0.0274 e. The average Bonchev–Trinajstić information content (AvgIpc) is 2.10. The van der Waals surface area contributed by atoms with E-state index in [0.717, 1.165) is 11.3 Å². The lowest BCUT2D eigenvalue weighted by atomic mass is 9.57. The third kappa shape index (κ3) is 1.84. The summed E-state index contributed by atoms with van der Waals surface area (Å²) in [5, 5.41) is 0. The van der Waals surface area contributed by atoms with Crippen LogP contribution in [0.25, 0.3) is 0 Å². The van der Waals surface area contributed by atoms with Gasteiger partial charge in [0.05, 0.1) is 0 Å². The Bertz CT molecular complexity index is 124. The van der Waals surface area contributed by atoms with Gasteiger partial charge in [-0.05, 0) is 30.6 Å². The zero-order valence-corrected chi connectivity index (χ0v) is 9.03. The van der Waals surface area contributed by atoms with Crippen molar-refractivity contribution in [1.82, 2.24) is 0 Å². The van der Waals surface area contributed by atoms with Gasteiger partial charge in [-0.3, -0.25) is 0 Å². The fourth-order valence-electron chi connectivity index (χ4n) is 2.64. The minimum atomic E-state index is 0.773. The number of hydrogen-bond donors (Lipinski definition) is 0. The minimum Gasteiger partial charge on any atom is -0.0654 e. The zero-order chi connectivity index (χ0) is 9.03. The van der Waals surface area contributed by atoms with Crippen molar-refractivity contribution in [3.05, 3.63) is 0 Å². The molecular formula is C12H24. The summed E-state index contributed by atoms with van der Waals surface area (Å²) in [7, 11) is 0. The van der Waals surface area contributed by atoms with E-state index in [4.69, 9.17) is 0 Å². The Morgan fingerprint density at radius 3 is 2.33 bits per heavy atom. The zero-order valence-electron chi connectivity index (χ0n) is 9.03. The Hall–Kier alpha value is 0. The minimum absolute atomic E-state index is 0.773. The first-order chi connectivity index (χ1) is 5.75. The van der Waals surface area contributed by atoms with Crippen molar-refractivity contribution in [3.8, 4) is 0 Å². The molecule has 0 saturated heterocycles. The fraction of sp³-hybridized carbons (Fsp3) is 1.00. The number of hydrogen-bond acceptors (Lipinski definition) is 0. The van der Waals surface area contributed by atoms with Gasteiger partial charge in [0.25, 0.3) is 0 Å². The summed E-state index contributed by atoms with van der Waals surface area (Å²) < 4.78 is 0. The van der Waals surface area contributed by atoms with E-state index in [0.29, 0.717) is 0 Å². The van der Waals surface area contributed by atoms with E-state index in [1.165, 1.54) is 44.9 Å². The van der Waals surface area contributed by atoms with Gasteiger partial charge in [0, 0.05) is 0 Å². The quantitative estimate of drug-likeness (QED) is 0.534. The van der Waals surface area contributed by atoms with Crippen LogP contribution in [-0.4, -0.2) is 0 Å². The second-order valence-electron chi connectivity index (χ2n) is 4.61. The highest BCUT2D eigenvalue weighted by atomic mass is 14.5. The Morgan fingerprint density at radius 2 is 2.00 bits per heavy atom. The maximum Gasteiger partial charge on any atom is -0.0274 e.